The third-order valence-electron chi connectivity index (χ3n) is 4.21. The number of nitrogens with zero attached hydrogens (tertiary/aromatic N) is 1. The van der Waals surface area contributed by atoms with E-state index in [-0.39, 0.29) is 5.91 Å². The molecule has 2 heterocycles. The number of H-pyrrole nitrogens is 1. The number of methoxy groups -OCH3 is 1. The Morgan fingerprint density at radius 3 is 2.62 bits per heavy atom. The summed E-state index contributed by atoms with van der Waals surface area (Å²) < 4.78 is 5.23. The fourth-order valence-electron chi connectivity index (χ4n) is 3.35. The molecule has 1 aromatic carbocycles. The van der Waals surface area contributed by atoms with Crippen LogP contribution in [0.25, 0.3) is 10.9 Å². The number of hydrogen-bond acceptors (Lipinski definition) is 2. The number of nitrogens with one attached hydrogen (secondary N) is 1. The molecule has 4 nitrogen and oxygen atoms in total. The monoisotopic (exact) mass is 286 g/mol. The van der Waals surface area contributed by atoms with Crippen LogP contribution in [0.1, 0.15) is 30.8 Å². The van der Waals surface area contributed by atoms with Gasteiger partial charge in [0, 0.05) is 24.0 Å². The van der Waals surface area contributed by atoms with Crippen LogP contribution in [0.2, 0.25) is 0 Å². The molecule has 1 amide bonds. The Bertz CT molecular complexity index is 652. The van der Waals surface area contributed by atoms with Crippen molar-refractivity contribution in [3.05, 3.63) is 30.0 Å². The summed E-state index contributed by atoms with van der Waals surface area (Å²) in [5.74, 6) is 2.05. The highest BCUT2D eigenvalue weighted by atomic mass is 16.5. The average molecular weight is 286 g/mol. The molecule has 0 bridgehead atoms. The lowest BCUT2D eigenvalue weighted by Crippen LogP contribution is -2.42. The molecule has 4 heteroatoms. The molecule has 1 aliphatic rings. The zero-order valence-electron chi connectivity index (χ0n) is 12.8. The van der Waals surface area contributed by atoms with E-state index in [0.717, 1.165) is 29.7 Å². The second-order valence-corrected chi connectivity index (χ2v) is 6.29. The van der Waals surface area contributed by atoms with Gasteiger partial charge in [0.1, 0.15) is 11.4 Å². The summed E-state index contributed by atoms with van der Waals surface area (Å²) in [6, 6.07) is 7.72. The minimum absolute atomic E-state index is 0.101. The van der Waals surface area contributed by atoms with Gasteiger partial charge in [0.25, 0.3) is 5.91 Å². The molecule has 21 heavy (non-hydrogen) atoms. The van der Waals surface area contributed by atoms with E-state index in [9.17, 15) is 4.79 Å². The summed E-state index contributed by atoms with van der Waals surface area (Å²) in [5, 5.41) is 1.01. The quantitative estimate of drug-likeness (QED) is 0.920. The standard InChI is InChI=1S/C17H22N2O2/c1-11-6-12(2)10-19(9-11)17(20)16-8-13-7-14(21-3)4-5-15(13)18-16/h4-5,7-8,11-12,18H,6,9-10H2,1-3H3/t11-,12-/m0/s1. The van der Waals surface area contributed by atoms with Crippen molar-refractivity contribution in [3.8, 4) is 5.75 Å². The van der Waals surface area contributed by atoms with Crippen molar-refractivity contribution in [2.75, 3.05) is 20.2 Å². The van der Waals surface area contributed by atoms with Crippen molar-refractivity contribution < 1.29 is 9.53 Å². The SMILES string of the molecule is COc1ccc2[nH]c(C(=O)N3C[C@@H](C)C[C@H](C)C3)cc2c1. The van der Waals surface area contributed by atoms with Crippen LogP contribution in [-0.4, -0.2) is 36.0 Å². The lowest BCUT2D eigenvalue weighted by atomic mass is 9.92. The summed E-state index contributed by atoms with van der Waals surface area (Å²) >= 11 is 0. The molecule has 1 aromatic heterocycles. The first-order chi connectivity index (χ1) is 10.1. The number of aromatic amines is 1. The van der Waals surface area contributed by atoms with Crippen LogP contribution >= 0.6 is 0 Å². The number of hydrogen-bond donors (Lipinski definition) is 1. The lowest BCUT2D eigenvalue weighted by Gasteiger charge is -2.34. The third kappa shape index (κ3) is 2.75. The Labute approximate surface area is 125 Å². The number of rotatable bonds is 2. The normalized spacial score (nSPS) is 22.5. The number of ether oxygens (including phenoxy) is 1. The van der Waals surface area contributed by atoms with Crippen LogP contribution in [0.4, 0.5) is 0 Å². The average Bonchev–Trinajstić information content (AvgIpc) is 2.88. The number of piperidine rings is 1. The minimum Gasteiger partial charge on any atom is -0.497 e. The van der Waals surface area contributed by atoms with Crippen LogP contribution < -0.4 is 4.74 Å². The van der Waals surface area contributed by atoms with Crippen LogP contribution in [-0.2, 0) is 0 Å². The highest BCUT2D eigenvalue weighted by molar-refractivity contribution is 5.98. The molecule has 112 valence electrons. The van der Waals surface area contributed by atoms with Gasteiger partial charge in [0.05, 0.1) is 7.11 Å². The Kier molecular flexibility index (Phi) is 3.62. The van der Waals surface area contributed by atoms with E-state index in [0.29, 0.717) is 17.5 Å². The molecule has 0 spiro atoms. The van der Waals surface area contributed by atoms with Gasteiger partial charge in [0.2, 0.25) is 0 Å². The van der Waals surface area contributed by atoms with Gasteiger partial charge in [-0.2, -0.15) is 0 Å². The lowest BCUT2D eigenvalue weighted by molar-refractivity contribution is 0.0618. The van der Waals surface area contributed by atoms with Gasteiger partial charge in [-0.3, -0.25) is 4.79 Å². The summed E-state index contributed by atoms with van der Waals surface area (Å²) in [4.78, 5) is 17.9. The van der Waals surface area contributed by atoms with E-state index in [2.05, 4.69) is 18.8 Å². The highest BCUT2D eigenvalue weighted by Gasteiger charge is 2.26. The number of aromatic nitrogens is 1. The summed E-state index contributed by atoms with van der Waals surface area (Å²) in [6.07, 6.45) is 1.20. The van der Waals surface area contributed by atoms with Crippen LogP contribution in [0.5, 0.6) is 5.75 Å². The first-order valence-electron chi connectivity index (χ1n) is 7.53. The van der Waals surface area contributed by atoms with Crippen molar-refractivity contribution in [2.24, 2.45) is 11.8 Å². The van der Waals surface area contributed by atoms with E-state index in [1.54, 1.807) is 7.11 Å². The van der Waals surface area contributed by atoms with Gasteiger partial charge in [0.15, 0.2) is 0 Å². The van der Waals surface area contributed by atoms with E-state index in [4.69, 9.17) is 4.74 Å². The van der Waals surface area contributed by atoms with E-state index in [1.165, 1.54) is 6.42 Å². The largest absolute Gasteiger partial charge is 0.497 e. The maximum absolute atomic E-state index is 12.7. The predicted octanol–water partition coefficient (Wildman–Crippen LogP) is 3.29. The number of carbonyl (C=O) groups is 1. The molecule has 0 unspecified atom stereocenters. The predicted molar refractivity (Wildman–Crippen MR) is 83.7 cm³/mol. The molecule has 1 N–H and O–H groups in total. The molecular formula is C17H22N2O2. The highest BCUT2D eigenvalue weighted by Crippen LogP contribution is 2.25. The summed E-state index contributed by atoms with van der Waals surface area (Å²) in [7, 11) is 1.65. The van der Waals surface area contributed by atoms with Crippen molar-refractivity contribution in [3.63, 3.8) is 0 Å². The molecule has 2 atom stereocenters. The van der Waals surface area contributed by atoms with Crippen molar-refractivity contribution >= 4 is 16.8 Å². The number of carbonyl (C=O) groups excluding carboxylic acids is 1. The first kappa shape index (κ1) is 14.0. The van der Waals surface area contributed by atoms with Crippen molar-refractivity contribution in [1.82, 2.24) is 9.88 Å². The number of amides is 1. The van der Waals surface area contributed by atoms with Gasteiger partial charge in [-0.25, -0.2) is 0 Å². The fourth-order valence-corrected chi connectivity index (χ4v) is 3.35. The first-order valence-corrected chi connectivity index (χ1v) is 7.53. The second kappa shape index (κ2) is 5.43. The number of likely N-dealkylation sites (tertiary alicyclic amines) is 1. The minimum atomic E-state index is 0.101. The van der Waals surface area contributed by atoms with E-state index in [1.807, 2.05) is 29.2 Å². The molecule has 2 aromatic rings. The molecule has 0 aliphatic carbocycles. The zero-order chi connectivity index (χ0) is 15.0. The molecule has 3 rings (SSSR count). The Balaban J connectivity index is 1.87. The van der Waals surface area contributed by atoms with Crippen LogP contribution in [0.3, 0.4) is 0 Å². The topological polar surface area (TPSA) is 45.3 Å². The van der Waals surface area contributed by atoms with E-state index < -0.39 is 0 Å². The molecule has 0 radical (unpaired) electrons. The Morgan fingerprint density at radius 2 is 1.95 bits per heavy atom. The Hall–Kier alpha value is -1.97. The maximum Gasteiger partial charge on any atom is 0.270 e. The van der Waals surface area contributed by atoms with Crippen LogP contribution in [0.15, 0.2) is 24.3 Å². The maximum atomic E-state index is 12.7. The molecule has 1 saturated heterocycles. The van der Waals surface area contributed by atoms with Gasteiger partial charge in [-0.05, 0) is 42.5 Å². The second-order valence-electron chi connectivity index (χ2n) is 6.29. The summed E-state index contributed by atoms with van der Waals surface area (Å²) in [6.45, 7) is 6.13. The van der Waals surface area contributed by atoms with Crippen molar-refractivity contribution in [1.29, 1.82) is 0 Å². The summed E-state index contributed by atoms with van der Waals surface area (Å²) in [5.41, 5.74) is 1.64. The van der Waals surface area contributed by atoms with Gasteiger partial charge in [-0.15, -0.1) is 0 Å². The third-order valence-corrected chi connectivity index (χ3v) is 4.21. The fraction of sp³-hybridized carbons (Fsp3) is 0.471. The number of fused-ring (bicyclic) bond motifs is 1. The van der Waals surface area contributed by atoms with Crippen LogP contribution in [0, 0.1) is 11.8 Å². The van der Waals surface area contributed by atoms with E-state index >= 15 is 0 Å². The van der Waals surface area contributed by atoms with Gasteiger partial charge < -0.3 is 14.6 Å². The molecule has 0 saturated carbocycles. The van der Waals surface area contributed by atoms with Crippen molar-refractivity contribution in [2.45, 2.75) is 20.3 Å². The van der Waals surface area contributed by atoms with Gasteiger partial charge >= 0.3 is 0 Å². The molecule has 1 aliphatic heterocycles. The molecular weight excluding hydrogens is 264 g/mol. The number of benzene rings is 1. The zero-order valence-corrected chi connectivity index (χ0v) is 12.8. The Morgan fingerprint density at radius 1 is 1.24 bits per heavy atom. The smallest absolute Gasteiger partial charge is 0.270 e. The molecule has 1 fully saturated rings. The van der Waals surface area contributed by atoms with Gasteiger partial charge in [-0.1, -0.05) is 13.8 Å².